The summed E-state index contributed by atoms with van der Waals surface area (Å²) in [4.78, 5) is 12.0. The Balaban J connectivity index is 2.20. The topological polar surface area (TPSA) is 78.7 Å². The van der Waals surface area contributed by atoms with E-state index in [1.807, 2.05) is 36.4 Å². The Labute approximate surface area is 131 Å². The number of rotatable bonds is 2. The Morgan fingerprint density at radius 3 is 2.64 bits per heavy atom. The smallest absolute Gasteiger partial charge is 0.276 e. The number of para-hydroxylation sites is 1. The maximum atomic E-state index is 12.0. The van der Waals surface area contributed by atoms with E-state index in [2.05, 4.69) is 10.2 Å². The first-order valence-corrected chi connectivity index (χ1v) is 6.99. The van der Waals surface area contributed by atoms with Gasteiger partial charge in [0.25, 0.3) is 5.56 Å². The van der Waals surface area contributed by atoms with Crippen molar-refractivity contribution >= 4 is 17.3 Å². The third-order valence-electron chi connectivity index (χ3n) is 3.21. The first kappa shape index (κ1) is 14.2. The van der Waals surface area contributed by atoms with E-state index in [9.17, 15) is 4.79 Å². The summed E-state index contributed by atoms with van der Waals surface area (Å²) >= 11 is 4.88. The largest absolute Gasteiger partial charge is 0.374 e. The molecule has 2 aromatic heterocycles. The Hall–Kier alpha value is -2.80. The van der Waals surface area contributed by atoms with E-state index < -0.39 is 0 Å². The summed E-state index contributed by atoms with van der Waals surface area (Å²) in [6, 6.07) is 13.2. The molecule has 7 heteroatoms. The number of nitrogens with two attached hydrogens (primary N) is 1. The first-order chi connectivity index (χ1) is 10.6. The Bertz CT molecular complexity index is 898. The van der Waals surface area contributed by atoms with Crippen LogP contribution in [-0.2, 0) is 0 Å². The van der Waals surface area contributed by atoms with Crippen LogP contribution in [0.2, 0.25) is 0 Å². The highest BCUT2D eigenvalue weighted by Crippen LogP contribution is 2.20. The van der Waals surface area contributed by atoms with E-state index in [0.29, 0.717) is 11.3 Å². The third kappa shape index (κ3) is 2.42. The molecule has 0 fully saturated rings. The molecule has 0 atom stereocenters. The van der Waals surface area contributed by atoms with Gasteiger partial charge in [-0.25, -0.2) is 4.68 Å². The van der Waals surface area contributed by atoms with Crippen molar-refractivity contribution in [1.82, 2.24) is 19.6 Å². The fraction of sp³-hybridized carbons (Fsp3) is 0.0667. The normalized spacial score (nSPS) is 10.6. The van der Waals surface area contributed by atoms with Crippen molar-refractivity contribution in [3.8, 4) is 17.1 Å². The zero-order chi connectivity index (χ0) is 15.7. The quantitative estimate of drug-likeness (QED) is 0.726. The predicted molar refractivity (Wildman–Crippen MR) is 88.0 cm³/mol. The van der Waals surface area contributed by atoms with Crippen LogP contribution in [0.3, 0.4) is 0 Å². The second-order valence-corrected chi connectivity index (χ2v) is 5.15. The molecule has 0 spiro atoms. The molecule has 6 nitrogen and oxygen atoms in total. The van der Waals surface area contributed by atoms with Gasteiger partial charge >= 0.3 is 0 Å². The molecule has 0 saturated carbocycles. The SMILES string of the molecule is Cc1cc(-c2ccnn2-c2ccccc2)nn(C(N)=S)c1=O. The number of aromatic nitrogens is 4. The van der Waals surface area contributed by atoms with Crippen LogP contribution in [0.1, 0.15) is 5.56 Å². The lowest BCUT2D eigenvalue weighted by molar-refractivity contribution is 0.830. The van der Waals surface area contributed by atoms with E-state index in [0.717, 1.165) is 16.1 Å². The van der Waals surface area contributed by atoms with Gasteiger partial charge in [0, 0.05) is 5.56 Å². The number of nitrogens with zero attached hydrogens (tertiary/aromatic N) is 4. The van der Waals surface area contributed by atoms with Crippen LogP contribution >= 0.6 is 12.2 Å². The van der Waals surface area contributed by atoms with E-state index in [-0.39, 0.29) is 10.7 Å². The molecule has 0 unspecified atom stereocenters. The summed E-state index contributed by atoms with van der Waals surface area (Å²) in [5.74, 6) is 0. The average Bonchev–Trinajstić information content (AvgIpc) is 3.00. The second-order valence-electron chi connectivity index (χ2n) is 4.73. The van der Waals surface area contributed by atoms with Gasteiger partial charge < -0.3 is 5.73 Å². The fourth-order valence-corrected chi connectivity index (χ4v) is 2.29. The van der Waals surface area contributed by atoms with Crippen molar-refractivity contribution in [3.05, 3.63) is 64.6 Å². The first-order valence-electron chi connectivity index (χ1n) is 6.58. The molecule has 0 amide bonds. The maximum absolute atomic E-state index is 12.0. The van der Waals surface area contributed by atoms with Crippen molar-refractivity contribution in [2.75, 3.05) is 0 Å². The maximum Gasteiger partial charge on any atom is 0.276 e. The standard InChI is InChI=1S/C15H13N5OS/c1-10-9-12(18-20(14(10)21)15(16)22)13-7-8-17-19(13)11-5-3-2-4-6-11/h2-9H,1H3,(H2,16,22). The number of aryl methyl sites for hydroxylation is 1. The average molecular weight is 311 g/mol. The van der Waals surface area contributed by atoms with Gasteiger partial charge in [-0.2, -0.15) is 14.9 Å². The molecular formula is C15H13N5OS. The number of hydrogen-bond donors (Lipinski definition) is 1. The van der Waals surface area contributed by atoms with Crippen molar-refractivity contribution in [1.29, 1.82) is 0 Å². The lowest BCUT2D eigenvalue weighted by Crippen LogP contribution is -2.35. The summed E-state index contributed by atoms with van der Waals surface area (Å²) in [7, 11) is 0. The molecule has 110 valence electrons. The zero-order valence-corrected chi connectivity index (χ0v) is 12.6. The number of benzene rings is 1. The van der Waals surface area contributed by atoms with Gasteiger partial charge in [0.2, 0.25) is 0 Å². The van der Waals surface area contributed by atoms with Crippen LogP contribution in [-0.4, -0.2) is 24.7 Å². The van der Waals surface area contributed by atoms with Gasteiger partial charge in [0.05, 0.1) is 17.6 Å². The third-order valence-corrected chi connectivity index (χ3v) is 3.38. The Morgan fingerprint density at radius 1 is 1.23 bits per heavy atom. The van der Waals surface area contributed by atoms with Crippen molar-refractivity contribution < 1.29 is 0 Å². The summed E-state index contributed by atoms with van der Waals surface area (Å²) in [6.07, 6.45) is 1.68. The van der Waals surface area contributed by atoms with Gasteiger partial charge in [0.15, 0.2) is 5.11 Å². The minimum atomic E-state index is -0.318. The van der Waals surface area contributed by atoms with Gasteiger partial charge in [-0.15, -0.1) is 0 Å². The van der Waals surface area contributed by atoms with Crippen LogP contribution in [0, 0.1) is 6.92 Å². The van der Waals surface area contributed by atoms with E-state index in [1.165, 1.54) is 0 Å². The lowest BCUT2D eigenvalue weighted by Gasteiger charge is -2.09. The second kappa shape index (κ2) is 5.53. The molecule has 2 heterocycles. The molecule has 0 aliphatic carbocycles. The molecule has 3 aromatic rings. The number of hydrogen-bond acceptors (Lipinski definition) is 4. The van der Waals surface area contributed by atoms with E-state index in [1.54, 1.807) is 23.9 Å². The van der Waals surface area contributed by atoms with E-state index in [4.69, 9.17) is 18.0 Å². The van der Waals surface area contributed by atoms with E-state index >= 15 is 0 Å². The monoisotopic (exact) mass is 311 g/mol. The molecule has 0 saturated heterocycles. The minimum absolute atomic E-state index is 0.0827. The Morgan fingerprint density at radius 2 is 1.95 bits per heavy atom. The Kier molecular flexibility index (Phi) is 3.56. The molecular weight excluding hydrogens is 298 g/mol. The number of thiocarbonyl (C=S) groups is 1. The summed E-state index contributed by atoms with van der Waals surface area (Å²) in [5, 5.41) is 8.47. The molecule has 0 aliphatic heterocycles. The van der Waals surface area contributed by atoms with Gasteiger partial charge in [0.1, 0.15) is 5.69 Å². The fourth-order valence-electron chi connectivity index (χ4n) is 2.16. The summed E-state index contributed by atoms with van der Waals surface area (Å²) in [5.41, 5.74) is 7.98. The highest BCUT2D eigenvalue weighted by Gasteiger charge is 2.13. The molecule has 1 aromatic carbocycles. The highest BCUT2D eigenvalue weighted by atomic mass is 32.1. The van der Waals surface area contributed by atoms with Crippen LogP contribution in [0.25, 0.3) is 17.1 Å². The van der Waals surface area contributed by atoms with Crippen molar-refractivity contribution in [2.24, 2.45) is 5.73 Å². The van der Waals surface area contributed by atoms with Crippen molar-refractivity contribution in [2.45, 2.75) is 6.92 Å². The summed E-state index contributed by atoms with van der Waals surface area (Å²) in [6.45, 7) is 1.70. The van der Waals surface area contributed by atoms with Crippen LogP contribution < -0.4 is 11.3 Å². The summed E-state index contributed by atoms with van der Waals surface area (Å²) < 4.78 is 2.78. The van der Waals surface area contributed by atoms with Crippen LogP contribution in [0.5, 0.6) is 0 Å². The predicted octanol–water partition coefficient (Wildman–Crippen LogP) is 1.50. The molecule has 0 radical (unpaired) electrons. The molecule has 0 aliphatic rings. The van der Waals surface area contributed by atoms with Crippen LogP contribution in [0.15, 0.2) is 53.5 Å². The minimum Gasteiger partial charge on any atom is -0.374 e. The van der Waals surface area contributed by atoms with Gasteiger partial charge in [-0.05, 0) is 43.4 Å². The van der Waals surface area contributed by atoms with Crippen LogP contribution in [0.4, 0.5) is 0 Å². The molecule has 0 bridgehead atoms. The highest BCUT2D eigenvalue weighted by molar-refractivity contribution is 7.80. The van der Waals surface area contributed by atoms with Gasteiger partial charge in [-0.1, -0.05) is 18.2 Å². The van der Waals surface area contributed by atoms with Crippen molar-refractivity contribution in [3.63, 3.8) is 0 Å². The molecule has 3 rings (SSSR count). The molecule has 2 N–H and O–H groups in total. The van der Waals surface area contributed by atoms with Gasteiger partial charge in [-0.3, -0.25) is 4.79 Å². The lowest BCUT2D eigenvalue weighted by atomic mass is 10.2. The zero-order valence-electron chi connectivity index (χ0n) is 11.8. The molecule has 22 heavy (non-hydrogen) atoms.